The van der Waals surface area contributed by atoms with E-state index in [2.05, 4.69) is 9.97 Å². The predicted octanol–water partition coefficient (Wildman–Crippen LogP) is 3.38. The monoisotopic (exact) mass is 323 g/mol. The van der Waals surface area contributed by atoms with E-state index in [0.29, 0.717) is 11.3 Å². The molecule has 1 fully saturated rings. The van der Waals surface area contributed by atoms with Crippen LogP contribution in [0, 0.1) is 6.92 Å². The molecule has 1 amide bonds. The molecule has 0 atom stereocenters. The maximum Gasteiger partial charge on any atom is 0.253 e. The summed E-state index contributed by atoms with van der Waals surface area (Å²) in [5.74, 6) is -2.87. The van der Waals surface area contributed by atoms with Crippen molar-refractivity contribution in [1.29, 1.82) is 0 Å². The Balaban J connectivity index is 1.81. The number of carbonyl (C=O) groups excluding carboxylic acids is 1. The first-order chi connectivity index (χ1) is 10.5. The second-order valence-electron chi connectivity index (χ2n) is 5.34. The third-order valence-corrected chi connectivity index (χ3v) is 4.72. The lowest BCUT2D eigenvalue weighted by Crippen LogP contribution is -2.42. The number of pyridine rings is 1. The molecule has 2 aromatic heterocycles. The van der Waals surface area contributed by atoms with Crippen LogP contribution >= 0.6 is 11.3 Å². The van der Waals surface area contributed by atoms with Gasteiger partial charge in [-0.25, -0.2) is 13.8 Å². The van der Waals surface area contributed by atoms with Gasteiger partial charge >= 0.3 is 0 Å². The van der Waals surface area contributed by atoms with E-state index in [0.717, 1.165) is 10.6 Å². The molecule has 1 aliphatic rings. The number of rotatable bonds is 2. The van der Waals surface area contributed by atoms with E-state index < -0.39 is 5.92 Å². The molecule has 3 heterocycles. The standard InChI is InChI=1S/C15H15F2N3OS/c1-10-13(22-9-19-10)12-8-11(2-5-18-12)14(21)20-6-3-15(16,17)4-7-20/h2,5,8-9H,3-4,6-7H2,1H3. The molecule has 0 spiro atoms. The zero-order chi connectivity index (χ0) is 15.7. The molecule has 0 radical (unpaired) electrons. The molecule has 0 unspecified atom stereocenters. The Morgan fingerprint density at radius 1 is 1.32 bits per heavy atom. The Labute approximate surface area is 130 Å². The lowest BCUT2D eigenvalue weighted by molar-refractivity contribution is -0.0494. The minimum Gasteiger partial charge on any atom is -0.338 e. The van der Waals surface area contributed by atoms with Gasteiger partial charge in [0, 0.05) is 37.7 Å². The van der Waals surface area contributed by atoms with E-state index in [1.165, 1.54) is 16.2 Å². The van der Waals surface area contributed by atoms with Gasteiger partial charge in [0.25, 0.3) is 11.8 Å². The fourth-order valence-electron chi connectivity index (χ4n) is 2.46. The molecule has 4 nitrogen and oxygen atoms in total. The van der Waals surface area contributed by atoms with Gasteiger partial charge in [0.15, 0.2) is 0 Å². The summed E-state index contributed by atoms with van der Waals surface area (Å²) in [6, 6.07) is 3.32. The van der Waals surface area contributed by atoms with E-state index in [9.17, 15) is 13.6 Å². The van der Waals surface area contributed by atoms with Crippen LogP contribution in [-0.4, -0.2) is 39.8 Å². The molecule has 116 valence electrons. The molecule has 0 N–H and O–H groups in total. The molecule has 22 heavy (non-hydrogen) atoms. The average Bonchev–Trinajstić information content (AvgIpc) is 2.93. The van der Waals surface area contributed by atoms with Crippen LogP contribution in [-0.2, 0) is 0 Å². The lowest BCUT2D eigenvalue weighted by atomic mass is 10.1. The van der Waals surface area contributed by atoms with Crippen LogP contribution in [0.5, 0.6) is 0 Å². The SMILES string of the molecule is Cc1ncsc1-c1cc(C(=O)N2CCC(F)(F)CC2)ccn1. The summed E-state index contributed by atoms with van der Waals surface area (Å²) < 4.78 is 26.4. The molecule has 1 aliphatic heterocycles. The molecule has 1 saturated heterocycles. The van der Waals surface area contributed by atoms with Gasteiger partial charge in [-0.1, -0.05) is 0 Å². The summed E-state index contributed by atoms with van der Waals surface area (Å²) in [5, 5.41) is 0. The number of aryl methyl sites for hydroxylation is 1. The topological polar surface area (TPSA) is 46.1 Å². The summed E-state index contributed by atoms with van der Waals surface area (Å²) in [6.45, 7) is 2.06. The van der Waals surface area contributed by atoms with Crippen LogP contribution < -0.4 is 0 Å². The van der Waals surface area contributed by atoms with Gasteiger partial charge in [0.2, 0.25) is 0 Å². The Hall–Kier alpha value is -1.89. The first kappa shape index (κ1) is 15.0. The minimum atomic E-state index is -2.65. The second-order valence-corrected chi connectivity index (χ2v) is 6.20. The van der Waals surface area contributed by atoms with Crippen LogP contribution in [0.4, 0.5) is 8.78 Å². The van der Waals surface area contributed by atoms with E-state index in [4.69, 9.17) is 0 Å². The van der Waals surface area contributed by atoms with Gasteiger partial charge in [-0.2, -0.15) is 0 Å². The molecule has 0 aliphatic carbocycles. The van der Waals surface area contributed by atoms with Crippen molar-refractivity contribution in [2.24, 2.45) is 0 Å². The van der Waals surface area contributed by atoms with Crippen LogP contribution in [0.25, 0.3) is 10.6 Å². The number of hydrogen-bond acceptors (Lipinski definition) is 4. The van der Waals surface area contributed by atoms with Crippen LogP contribution in [0.3, 0.4) is 0 Å². The first-order valence-electron chi connectivity index (χ1n) is 7.00. The molecule has 3 rings (SSSR count). The molecule has 0 aromatic carbocycles. The summed E-state index contributed by atoms with van der Waals surface area (Å²) in [5.41, 5.74) is 3.75. The van der Waals surface area contributed by atoms with Crippen LogP contribution in [0.1, 0.15) is 28.9 Å². The quantitative estimate of drug-likeness (QED) is 0.851. The molecule has 7 heteroatoms. The smallest absolute Gasteiger partial charge is 0.253 e. The Morgan fingerprint density at radius 2 is 2.05 bits per heavy atom. The van der Waals surface area contributed by atoms with Crippen molar-refractivity contribution >= 4 is 17.2 Å². The molecular weight excluding hydrogens is 308 g/mol. The Bertz CT molecular complexity index is 692. The number of halogens is 2. The van der Waals surface area contributed by atoms with E-state index in [-0.39, 0.29) is 31.8 Å². The summed E-state index contributed by atoms with van der Waals surface area (Å²) in [6.07, 6.45) is 1.02. The summed E-state index contributed by atoms with van der Waals surface area (Å²) >= 11 is 1.46. The predicted molar refractivity (Wildman–Crippen MR) is 80.2 cm³/mol. The van der Waals surface area contributed by atoms with Gasteiger partial charge in [-0.05, 0) is 19.1 Å². The highest BCUT2D eigenvalue weighted by atomic mass is 32.1. The average molecular weight is 323 g/mol. The number of nitrogens with zero attached hydrogens (tertiary/aromatic N) is 3. The largest absolute Gasteiger partial charge is 0.338 e. The summed E-state index contributed by atoms with van der Waals surface area (Å²) in [7, 11) is 0. The number of carbonyl (C=O) groups is 1. The fourth-order valence-corrected chi connectivity index (χ4v) is 3.23. The fraction of sp³-hybridized carbons (Fsp3) is 0.400. The number of aromatic nitrogens is 2. The van der Waals surface area contributed by atoms with Crippen LogP contribution in [0.2, 0.25) is 0 Å². The first-order valence-corrected chi connectivity index (χ1v) is 7.88. The maximum atomic E-state index is 13.2. The number of hydrogen-bond donors (Lipinski definition) is 0. The number of likely N-dealkylation sites (tertiary alicyclic amines) is 1. The lowest BCUT2D eigenvalue weighted by Gasteiger charge is -2.31. The van der Waals surface area contributed by atoms with Gasteiger partial charge in [-0.15, -0.1) is 11.3 Å². The van der Waals surface area contributed by atoms with E-state index in [1.807, 2.05) is 6.92 Å². The molecule has 2 aromatic rings. The van der Waals surface area contributed by atoms with Crippen molar-refractivity contribution in [3.05, 3.63) is 35.1 Å². The molecule has 0 saturated carbocycles. The molecule has 0 bridgehead atoms. The third-order valence-electron chi connectivity index (χ3n) is 3.77. The zero-order valence-electron chi connectivity index (χ0n) is 12.1. The van der Waals surface area contributed by atoms with Gasteiger partial charge in [-0.3, -0.25) is 9.78 Å². The number of thiazole rings is 1. The highest BCUT2D eigenvalue weighted by Crippen LogP contribution is 2.29. The highest BCUT2D eigenvalue weighted by molar-refractivity contribution is 7.13. The maximum absolute atomic E-state index is 13.2. The van der Waals surface area contributed by atoms with E-state index in [1.54, 1.807) is 23.8 Å². The van der Waals surface area contributed by atoms with Crippen LogP contribution in [0.15, 0.2) is 23.8 Å². The Morgan fingerprint density at radius 3 is 2.68 bits per heavy atom. The van der Waals surface area contributed by atoms with Crippen molar-refractivity contribution in [1.82, 2.24) is 14.9 Å². The van der Waals surface area contributed by atoms with Gasteiger partial charge in [0.05, 0.1) is 21.8 Å². The second kappa shape index (κ2) is 5.72. The summed E-state index contributed by atoms with van der Waals surface area (Å²) in [4.78, 5) is 23.3. The molecular formula is C15H15F2N3OS. The van der Waals surface area contributed by atoms with Crippen molar-refractivity contribution in [3.63, 3.8) is 0 Å². The van der Waals surface area contributed by atoms with Crippen molar-refractivity contribution in [2.45, 2.75) is 25.7 Å². The van der Waals surface area contributed by atoms with E-state index >= 15 is 0 Å². The number of piperidine rings is 1. The Kier molecular flexibility index (Phi) is 3.90. The van der Waals surface area contributed by atoms with Crippen molar-refractivity contribution in [2.75, 3.05) is 13.1 Å². The highest BCUT2D eigenvalue weighted by Gasteiger charge is 2.35. The van der Waals surface area contributed by atoms with Gasteiger partial charge in [0.1, 0.15) is 0 Å². The third kappa shape index (κ3) is 2.99. The van der Waals surface area contributed by atoms with Gasteiger partial charge < -0.3 is 4.90 Å². The van der Waals surface area contributed by atoms with Crippen molar-refractivity contribution in [3.8, 4) is 10.6 Å². The van der Waals surface area contributed by atoms with Crippen molar-refractivity contribution < 1.29 is 13.6 Å². The number of alkyl halides is 2. The normalized spacial score (nSPS) is 17.5. The zero-order valence-corrected chi connectivity index (χ0v) is 12.9. The minimum absolute atomic E-state index is 0.0864. The number of amides is 1.